The van der Waals surface area contributed by atoms with Crippen molar-refractivity contribution in [1.29, 1.82) is 0 Å². The van der Waals surface area contributed by atoms with E-state index in [1.807, 2.05) is 0 Å². The fourth-order valence-corrected chi connectivity index (χ4v) is 3.06. The summed E-state index contributed by atoms with van der Waals surface area (Å²) in [5.41, 5.74) is -0.104. The Balaban J connectivity index is 2.13. The molecule has 0 spiro atoms. The van der Waals surface area contributed by atoms with Crippen LogP contribution in [0.15, 0.2) is 17.2 Å². The predicted octanol–water partition coefficient (Wildman–Crippen LogP) is 2.02. The molecule has 0 aliphatic carbocycles. The van der Waals surface area contributed by atoms with Crippen LogP contribution >= 0.6 is 23.2 Å². The van der Waals surface area contributed by atoms with Crippen LogP contribution in [0.5, 0.6) is 5.75 Å². The van der Waals surface area contributed by atoms with Crippen molar-refractivity contribution in [2.75, 3.05) is 13.1 Å². The standard InChI is InChI=1S/C13H13Cl2N3O2/c14-8-3-9(15)12(19)11-10(8)13(20)18(6-17-11)5-7-1-2-16-4-7/h3,6-7,16,19H,1-2,4-5H2. The molecule has 0 saturated carbocycles. The number of rotatable bonds is 2. The van der Waals surface area contributed by atoms with E-state index in [1.165, 1.54) is 12.4 Å². The van der Waals surface area contributed by atoms with Crippen LogP contribution in [0.2, 0.25) is 10.0 Å². The van der Waals surface area contributed by atoms with E-state index in [9.17, 15) is 9.90 Å². The summed E-state index contributed by atoms with van der Waals surface area (Å²) in [5, 5.41) is 13.6. The third-order valence-corrected chi connectivity index (χ3v) is 4.18. The zero-order chi connectivity index (χ0) is 14.3. The molecule has 0 bridgehead atoms. The van der Waals surface area contributed by atoms with Crippen LogP contribution in [0.4, 0.5) is 0 Å². The van der Waals surface area contributed by atoms with Crippen molar-refractivity contribution < 1.29 is 5.11 Å². The van der Waals surface area contributed by atoms with Gasteiger partial charge in [0.1, 0.15) is 5.52 Å². The van der Waals surface area contributed by atoms with E-state index in [2.05, 4.69) is 10.3 Å². The van der Waals surface area contributed by atoms with Crippen LogP contribution in [0.1, 0.15) is 6.42 Å². The van der Waals surface area contributed by atoms with Crippen LogP contribution < -0.4 is 10.9 Å². The molecule has 1 unspecified atom stereocenters. The van der Waals surface area contributed by atoms with Crippen molar-refractivity contribution in [3.8, 4) is 5.75 Å². The highest BCUT2D eigenvalue weighted by atomic mass is 35.5. The number of nitrogens with one attached hydrogen (secondary N) is 1. The molecular formula is C13H13Cl2N3O2. The second-order valence-corrected chi connectivity index (χ2v) is 5.79. The third kappa shape index (κ3) is 2.26. The highest BCUT2D eigenvalue weighted by Crippen LogP contribution is 2.34. The van der Waals surface area contributed by atoms with E-state index in [1.54, 1.807) is 4.57 Å². The molecule has 1 atom stereocenters. The smallest absolute Gasteiger partial charge is 0.262 e. The molecule has 0 amide bonds. The number of hydrogen-bond acceptors (Lipinski definition) is 4. The molecule has 1 aliphatic rings. The molecule has 106 valence electrons. The fraction of sp³-hybridized carbons (Fsp3) is 0.385. The summed E-state index contributed by atoms with van der Waals surface area (Å²) in [6.07, 6.45) is 2.47. The number of phenolic OH excluding ortho intramolecular Hbond substituents is 1. The molecular weight excluding hydrogens is 301 g/mol. The quantitative estimate of drug-likeness (QED) is 0.890. The second-order valence-electron chi connectivity index (χ2n) is 4.97. The molecule has 0 radical (unpaired) electrons. The van der Waals surface area contributed by atoms with Gasteiger partial charge in [-0.1, -0.05) is 23.2 Å². The minimum absolute atomic E-state index is 0.0899. The number of halogens is 2. The van der Waals surface area contributed by atoms with Gasteiger partial charge in [0, 0.05) is 6.54 Å². The predicted molar refractivity (Wildman–Crippen MR) is 78.7 cm³/mol. The highest BCUT2D eigenvalue weighted by molar-refractivity contribution is 6.39. The van der Waals surface area contributed by atoms with E-state index < -0.39 is 0 Å². The first-order valence-electron chi connectivity index (χ1n) is 6.34. The first kappa shape index (κ1) is 13.7. The summed E-state index contributed by atoms with van der Waals surface area (Å²) in [4.78, 5) is 16.6. The van der Waals surface area contributed by atoms with Crippen molar-refractivity contribution in [1.82, 2.24) is 14.9 Å². The Hall–Kier alpha value is -1.30. The summed E-state index contributed by atoms with van der Waals surface area (Å²) < 4.78 is 1.54. The van der Waals surface area contributed by atoms with Gasteiger partial charge < -0.3 is 10.4 Å². The summed E-state index contributed by atoms with van der Waals surface area (Å²) in [6, 6.07) is 1.37. The Kier molecular flexibility index (Phi) is 3.58. The van der Waals surface area contributed by atoms with E-state index in [0.717, 1.165) is 19.5 Å². The molecule has 1 fully saturated rings. The van der Waals surface area contributed by atoms with Gasteiger partial charge in [0.25, 0.3) is 5.56 Å². The first-order valence-corrected chi connectivity index (χ1v) is 7.10. The Morgan fingerprint density at radius 1 is 1.45 bits per heavy atom. The van der Waals surface area contributed by atoms with Gasteiger partial charge in [-0.05, 0) is 31.5 Å². The van der Waals surface area contributed by atoms with Crippen LogP contribution in [0, 0.1) is 5.92 Å². The Morgan fingerprint density at radius 2 is 2.25 bits per heavy atom. The van der Waals surface area contributed by atoms with Gasteiger partial charge in [0.2, 0.25) is 0 Å². The van der Waals surface area contributed by atoms with E-state index in [0.29, 0.717) is 12.5 Å². The lowest BCUT2D eigenvalue weighted by Crippen LogP contribution is -2.25. The maximum Gasteiger partial charge on any atom is 0.262 e. The molecule has 2 N–H and O–H groups in total. The largest absolute Gasteiger partial charge is 0.504 e. The van der Waals surface area contributed by atoms with Crippen molar-refractivity contribution in [2.45, 2.75) is 13.0 Å². The number of aromatic hydroxyl groups is 1. The summed E-state index contributed by atoms with van der Waals surface area (Å²) in [7, 11) is 0. The minimum atomic E-state index is -0.251. The average molecular weight is 314 g/mol. The van der Waals surface area contributed by atoms with Gasteiger partial charge >= 0.3 is 0 Å². The molecule has 1 saturated heterocycles. The molecule has 2 heterocycles. The number of nitrogens with zero attached hydrogens (tertiary/aromatic N) is 2. The summed E-state index contributed by atoms with van der Waals surface area (Å²) in [5.74, 6) is 0.199. The van der Waals surface area contributed by atoms with Crippen molar-refractivity contribution in [3.63, 3.8) is 0 Å². The number of aromatic nitrogens is 2. The number of fused-ring (bicyclic) bond motifs is 1. The fourth-order valence-electron chi connectivity index (χ4n) is 2.53. The lowest BCUT2D eigenvalue weighted by Gasteiger charge is -2.12. The van der Waals surface area contributed by atoms with Crippen LogP contribution in [0.25, 0.3) is 10.9 Å². The molecule has 1 aromatic heterocycles. The Bertz CT molecular complexity index is 724. The molecule has 3 rings (SSSR count). The van der Waals surface area contributed by atoms with Crippen LogP contribution in [0.3, 0.4) is 0 Å². The maximum absolute atomic E-state index is 12.5. The Labute approximate surface area is 125 Å². The summed E-state index contributed by atoms with van der Waals surface area (Å²) in [6.45, 7) is 2.45. The number of hydrogen-bond donors (Lipinski definition) is 2. The van der Waals surface area contributed by atoms with E-state index in [4.69, 9.17) is 23.2 Å². The SMILES string of the molecule is O=c1c2c(Cl)cc(Cl)c(O)c2ncn1CC1CCNC1. The van der Waals surface area contributed by atoms with Crippen molar-refractivity contribution in [3.05, 3.63) is 32.8 Å². The van der Waals surface area contributed by atoms with Gasteiger partial charge in [-0.3, -0.25) is 9.36 Å². The average Bonchev–Trinajstić information content (AvgIpc) is 2.91. The lowest BCUT2D eigenvalue weighted by molar-refractivity contribution is 0.467. The molecule has 5 nitrogen and oxygen atoms in total. The lowest BCUT2D eigenvalue weighted by atomic mass is 10.1. The van der Waals surface area contributed by atoms with Crippen LogP contribution in [-0.4, -0.2) is 27.7 Å². The monoisotopic (exact) mass is 313 g/mol. The molecule has 1 aromatic carbocycles. The van der Waals surface area contributed by atoms with Crippen molar-refractivity contribution in [2.24, 2.45) is 5.92 Å². The van der Waals surface area contributed by atoms with Crippen molar-refractivity contribution >= 4 is 34.1 Å². The maximum atomic E-state index is 12.5. The molecule has 2 aromatic rings. The van der Waals surface area contributed by atoms with Gasteiger partial charge in [0.05, 0.1) is 21.8 Å². The highest BCUT2D eigenvalue weighted by Gasteiger charge is 2.19. The Morgan fingerprint density at radius 3 is 2.95 bits per heavy atom. The zero-order valence-corrected chi connectivity index (χ0v) is 12.1. The zero-order valence-electron chi connectivity index (χ0n) is 10.6. The van der Waals surface area contributed by atoms with Gasteiger partial charge in [-0.25, -0.2) is 4.98 Å². The van der Waals surface area contributed by atoms with Gasteiger partial charge in [-0.2, -0.15) is 0 Å². The van der Waals surface area contributed by atoms with Gasteiger partial charge in [0.15, 0.2) is 5.75 Å². The van der Waals surface area contributed by atoms with Gasteiger partial charge in [-0.15, -0.1) is 0 Å². The van der Waals surface area contributed by atoms with E-state index in [-0.39, 0.29) is 32.3 Å². The van der Waals surface area contributed by atoms with E-state index >= 15 is 0 Å². The molecule has 20 heavy (non-hydrogen) atoms. The first-order chi connectivity index (χ1) is 9.58. The van der Waals surface area contributed by atoms with Crippen LogP contribution in [-0.2, 0) is 6.54 Å². The normalized spacial score (nSPS) is 18.8. The third-order valence-electron chi connectivity index (χ3n) is 3.60. The molecule has 1 aliphatic heterocycles. The molecule has 7 heteroatoms. The summed E-state index contributed by atoms with van der Waals surface area (Å²) >= 11 is 11.9. The number of phenols is 1. The minimum Gasteiger partial charge on any atom is -0.504 e. The topological polar surface area (TPSA) is 67.1 Å². The second kappa shape index (κ2) is 5.24. The number of benzene rings is 1.